The van der Waals surface area contributed by atoms with Crippen LogP contribution in [-0.2, 0) is 6.54 Å². The Hall–Kier alpha value is -2.69. The number of non-ortho nitro benzene ring substituents is 1. The van der Waals surface area contributed by atoms with Crippen LogP contribution in [0.1, 0.15) is 35.7 Å². The number of nitrogens with zero attached hydrogens (tertiary/aromatic N) is 2. The number of nitro benzene ring substituents is 1. The van der Waals surface area contributed by atoms with Crippen LogP contribution in [0.2, 0.25) is 0 Å². The SMILES string of the molecule is CC(C1CC1)N(Cc1ccccc1)C(=O)c1ccc([N+](=O)[O-])cc1. The van der Waals surface area contributed by atoms with E-state index in [0.717, 1.165) is 18.4 Å². The fourth-order valence-electron chi connectivity index (χ4n) is 2.91. The van der Waals surface area contributed by atoms with Crippen molar-refractivity contribution in [1.82, 2.24) is 4.90 Å². The quantitative estimate of drug-likeness (QED) is 0.595. The van der Waals surface area contributed by atoms with Gasteiger partial charge in [0.2, 0.25) is 0 Å². The molecule has 1 unspecified atom stereocenters. The number of amides is 1. The van der Waals surface area contributed by atoms with Gasteiger partial charge in [-0.1, -0.05) is 30.3 Å². The summed E-state index contributed by atoms with van der Waals surface area (Å²) in [4.78, 5) is 25.2. The van der Waals surface area contributed by atoms with Crippen LogP contribution in [0, 0.1) is 16.0 Å². The molecule has 0 radical (unpaired) electrons. The third kappa shape index (κ3) is 3.62. The highest BCUT2D eigenvalue weighted by Gasteiger charge is 2.34. The zero-order chi connectivity index (χ0) is 17.1. The van der Waals surface area contributed by atoms with Crippen LogP contribution in [0.4, 0.5) is 5.69 Å². The van der Waals surface area contributed by atoms with Crippen LogP contribution >= 0.6 is 0 Å². The summed E-state index contributed by atoms with van der Waals surface area (Å²) in [7, 11) is 0. The van der Waals surface area contributed by atoms with Crippen molar-refractivity contribution in [3.63, 3.8) is 0 Å². The van der Waals surface area contributed by atoms with Gasteiger partial charge in [-0.3, -0.25) is 14.9 Å². The molecule has 1 saturated carbocycles. The first-order valence-corrected chi connectivity index (χ1v) is 8.15. The first-order chi connectivity index (χ1) is 11.6. The van der Waals surface area contributed by atoms with Crippen molar-refractivity contribution in [2.45, 2.75) is 32.4 Å². The molecule has 0 aliphatic heterocycles. The second kappa shape index (κ2) is 6.83. The second-order valence-corrected chi connectivity index (χ2v) is 6.30. The van der Waals surface area contributed by atoms with Gasteiger partial charge < -0.3 is 4.90 Å². The number of carbonyl (C=O) groups excluding carboxylic acids is 1. The highest BCUT2D eigenvalue weighted by molar-refractivity contribution is 5.94. The topological polar surface area (TPSA) is 63.5 Å². The fraction of sp³-hybridized carbons (Fsp3) is 0.316. The summed E-state index contributed by atoms with van der Waals surface area (Å²) in [5.74, 6) is 0.476. The van der Waals surface area contributed by atoms with Gasteiger partial charge in [0.1, 0.15) is 0 Å². The minimum atomic E-state index is -0.456. The van der Waals surface area contributed by atoms with Gasteiger partial charge >= 0.3 is 0 Å². The Bertz CT molecular complexity index is 724. The Morgan fingerprint density at radius 1 is 1.17 bits per heavy atom. The van der Waals surface area contributed by atoms with Crippen LogP contribution in [0.5, 0.6) is 0 Å². The summed E-state index contributed by atoms with van der Waals surface area (Å²) in [6.45, 7) is 2.64. The number of rotatable bonds is 6. The van der Waals surface area contributed by atoms with Crippen LogP contribution in [0.15, 0.2) is 54.6 Å². The van der Waals surface area contributed by atoms with Gasteiger partial charge in [0.05, 0.1) is 4.92 Å². The number of carbonyl (C=O) groups is 1. The maximum atomic E-state index is 13.0. The van der Waals surface area contributed by atoms with Crippen molar-refractivity contribution in [2.24, 2.45) is 5.92 Å². The Morgan fingerprint density at radius 2 is 1.79 bits per heavy atom. The molecule has 24 heavy (non-hydrogen) atoms. The average molecular weight is 324 g/mol. The summed E-state index contributed by atoms with van der Waals surface area (Å²) in [5.41, 5.74) is 1.57. The van der Waals surface area contributed by atoms with E-state index in [1.807, 2.05) is 35.2 Å². The van der Waals surface area contributed by atoms with Gasteiger partial charge in [-0.15, -0.1) is 0 Å². The molecule has 1 atom stereocenters. The zero-order valence-corrected chi connectivity index (χ0v) is 13.6. The van der Waals surface area contributed by atoms with Crippen LogP contribution in [-0.4, -0.2) is 21.8 Å². The van der Waals surface area contributed by atoms with E-state index in [1.165, 1.54) is 24.3 Å². The molecule has 1 aliphatic carbocycles. The molecule has 5 heteroatoms. The molecule has 5 nitrogen and oxygen atoms in total. The highest BCUT2D eigenvalue weighted by atomic mass is 16.6. The maximum Gasteiger partial charge on any atom is 0.269 e. The summed E-state index contributed by atoms with van der Waals surface area (Å²) in [5, 5.41) is 10.8. The van der Waals surface area contributed by atoms with Crippen molar-refractivity contribution < 1.29 is 9.72 Å². The molecular formula is C19H20N2O3. The molecule has 1 fully saturated rings. The summed E-state index contributed by atoms with van der Waals surface area (Å²) in [6, 6.07) is 15.9. The highest BCUT2D eigenvalue weighted by Crippen LogP contribution is 2.36. The third-order valence-electron chi connectivity index (χ3n) is 4.58. The van der Waals surface area contributed by atoms with Crippen molar-refractivity contribution >= 4 is 11.6 Å². The van der Waals surface area contributed by atoms with E-state index >= 15 is 0 Å². The first-order valence-electron chi connectivity index (χ1n) is 8.15. The lowest BCUT2D eigenvalue weighted by Crippen LogP contribution is -2.39. The van der Waals surface area contributed by atoms with Crippen LogP contribution in [0.3, 0.4) is 0 Å². The minimum Gasteiger partial charge on any atom is -0.331 e. The Labute approximate surface area is 141 Å². The number of benzene rings is 2. The monoisotopic (exact) mass is 324 g/mol. The average Bonchev–Trinajstić information content (AvgIpc) is 3.44. The van der Waals surface area contributed by atoms with Gasteiger partial charge in [0, 0.05) is 30.3 Å². The zero-order valence-electron chi connectivity index (χ0n) is 13.6. The van der Waals surface area contributed by atoms with E-state index in [-0.39, 0.29) is 17.6 Å². The molecule has 3 rings (SSSR count). The smallest absolute Gasteiger partial charge is 0.269 e. The third-order valence-corrected chi connectivity index (χ3v) is 4.58. The second-order valence-electron chi connectivity index (χ2n) is 6.30. The molecule has 2 aromatic carbocycles. The molecule has 0 N–H and O–H groups in total. The Kier molecular flexibility index (Phi) is 4.60. The van der Waals surface area contributed by atoms with Crippen LogP contribution in [0.25, 0.3) is 0 Å². The van der Waals surface area contributed by atoms with Crippen molar-refractivity contribution in [2.75, 3.05) is 0 Å². The molecule has 0 bridgehead atoms. The van der Waals surface area contributed by atoms with Crippen LogP contribution < -0.4 is 0 Å². The lowest BCUT2D eigenvalue weighted by atomic mass is 10.1. The lowest BCUT2D eigenvalue weighted by molar-refractivity contribution is -0.384. The molecule has 0 aromatic heterocycles. The summed E-state index contributed by atoms with van der Waals surface area (Å²) in [6.07, 6.45) is 2.31. The normalized spacial score (nSPS) is 14.9. The van der Waals surface area contributed by atoms with E-state index in [1.54, 1.807) is 0 Å². The Morgan fingerprint density at radius 3 is 2.33 bits per heavy atom. The van der Waals surface area contributed by atoms with E-state index in [0.29, 0.717) is 18.0 Å². The van der Waals surface area contributed by atoms with Gasteiger partial charge in [0.25, 0.3) is 11.6 Å². The number of hydrogen-bond donors (Lipinski definition) is 0. The number of nitro groups is 1. The molecule has 1 amide bonds. The predicted molar refractivity (Wildman–Crippen MR) is 91.6 cm³/mol. The molecule has 1 aliphatic rings. The van der Waals surface area contributed by atoms with E-state index < -0.39 is 4.92 Å². The van der Waals surface area contributed by atoms with Crippen molar-refractivity contribution in [3.8, 4) is 0 Å². The van der Waals surface area contributed by atoms with Gasteiger partial charge in [-0.25, -0.2) is 0 Å². The summed E-state index contributed by atoms with van der Waals surface area (Å²) < 4.78 is 0. The van der Waals surface area contributed by atoms with Gasteiger partial charge in [-0.05, 0) is 43.4 Å². The van der Waals surface area contributed by atoms with E-state index in [9.17, 15) is 14.9 Å². The largest absolute Gasteiger partial charge is 0.331 e. The van der Waals surface area contributed by atoms with E-state index in [2.05, 4.69) is 6.92 Å². The molecular weight excluding hydrogens is 304 g/mol. The van der Waals surface area contributed by atoms with Crippen molar-refractivity contribution in [3.05, 3.63) is 75.8 Å². The van der Waals surface area contributed by atoms with Gasteiger partial charge in [-0.2, -0.15) is 0 Å². The first kappa shape index (κ1) is 16.2. The standard InChI is InChI=1S/C19H20N2O3/c1-14(16-7-8-16)20(13-15-5-3-2-4-6-15)19(22)17-9-11-18(12-10-17)21(23)24/h2-6,9-12,14,16H,7-8,13H2,1H3. The predicted octanol–water partition coefficient (Wildman–Crippen LogP) is 4.04. The number of hydrogen-bond acceptors (Lipinski definition) is 3. The molecule has 0 spiro atoms. The Balaban J connectivity index is 1.83. The van der Waals surface area contributed by atoms with E-state index in [4.69, 9.17) is 0 Å². The summed E-state index contributed by atoms with van der Waals surface area (Å²) >= 11 is 0. The maximum absolute atomic E-state index is 13.0. The molecule has 0 heterocycles. The lowest BCUT2D eigenvalue weighted by Gasteiger charge is -2.29. The molecule has 0 saturated heterocycles. The van der Waals surface area contributed by atoms with Gasteiger partial charge in [0.15, 0.2) is 0 Å². The fourth-order valence-corrected chi connectivity index (χ4v) is 2.91. The van der Waals surface area contributed by atoms with Crippen molar-refractivity contribution in [1.29, 1.82) is 0 Å². The molecule has 2 aromatic rings. The molecule has 124 valence electrons. The minimum absolute atomic E-state index is 0.00333.